The number of rotatable bonds is 2. The standard InChI is InChI=1S/C18H17BrN2/c19-12-14-5-6-18(17(11-14)13-20)21-9-7-15-3-1-2-4-16(15)8-10-21/h1-6,11H,7-10,12H2. The highest BCUT2D eigenvalue weighted by Crippen LogP contribution is 2.25. The number of benzene rings is 2. The van der Waals surface area contributed by atoms with E-state index < -0.39 is 0 Å². The van der Waals surface area contributed by atoms with E-state index in [-0.39, 0.29) is 0 Å². The van der Waals surface area contributed by atoms with Gasteiger partial charge in [0, 0.05) is 18.4 Å². The zero-order valence-corrected chi connectivity index (χ0v) is 13.4. The second-order valence-corrected chi connectivity index (χ2v) is 5.91. The van der Waals surface area contributed by atoms with E-state index in [0.717, 1.165) is 48.1 Å². The van der Waals surface area contributed by atoms with Crippen molar-refractivity contribution in [1.29, 1.82) is 5.26 Å². The molecule has 3 heteroatoms. The number of fused-ring (bicyclic) bond motifs is 1. The Labute approximate surface area is 134 Å². The first-order valence-electron chi connectivity index (χ1n) is 7.22. The molecule has 0 aliphatic carbocycles. The molecule has 21 heavy (non-hydrogen) atoms. The summed E-state index contributed by atoms with van der Waals surface area (Å²) in [6, 6.07) is 17.2. The predicted molar refractivity (Wildman–Crippen MR) is 89.9 cm³/mol. The Morgan fingerprint density at radius 3 is 2.29 bits per heavy atom. The average molecular weight is 341 g/mol. The Morgan fingerprint density at radius 2 is 1.71 bits per heavy atom. The average Bonchev–Trinajstić information content (AvgIpc) is 2.77. The number of hydrogen-bond acceptors (Lipinski definition) is 2. The smallest absolute Gasteiger partial charge is 0.101 e. The van der Waals surface area contributed by atoms with Gasteiger partial charge in [0.2, 0.25) is 0 Å². The van der Waals surface area contributed by atoms with Crippen LogP contribution in [0.4, 0.5) is 5.69 Å². The fourth-order valence-electron chi connectivity index (χ4n) is 2.94. The highest BCUT2D eigenvalue weighted by atomic mass is 79.9. The largest absolute Gasteiger partial charge is 0.370 e. The third-order valence-corrected chi connectivity index (χ3v) is 4.74. The minimum atomic E-state index is 0.776. The van der Waals surface area contributed by atoms with E-state index in [1.165, 1.54) is 11.1 Å². The van der Waals surface area contributed by atoms with Crippen LogP contribution < -0.4 is 4.90 Å². The first-order valence-corrected chi connectivity index (χ1v) is 8.34. The molecule has 106 valence electrons. The molecule has 0 radical (unpaired) electrons. The zero-order chi connectivity index (χ0) is 14.7. The molecule has 0 spiro atoms. The molecule has 2 aromatic rings. The number of nitrogens with zero attached hydrogens (tertiary/aromatic N) is 2. The second kappa shape index (κ2) is 6.32. The van der Waals surface area contributed by atoms with Gasteiger partial charge in [0.1, 0.15) is 6.07 Å². The van der Waals surface area contributed by atoms with E-state index in [9.17, 15) is 5.26 Å². The van der Waals surface area contributed by atoms with Gasteiger partial charge in [0.05, 0.1) is 11.3 Å². The van der Waals surface area contributed by atoms with Gasteiger partial charge >= 0.3 is 0 Å². The predicted octanol–water partition coefficient (Wildman–Crippen LogP) is 4.06. The second-order valence-electron chi connectivity index (χ2n) is 5.35. The lowest BCUT2D eigenvalue weighted by atomic mass is 10.0. The molecule has 0 N–H and O–H groups in total. The molecule has 0 saturated carbocycles. The lowest BCUT2D eigenvalue weighted by Crippen LogP contribution is -2.26. The van der Waals surface area contributed by atoms with Crippen molar-refractivity contribution in [3.05, 3.63) is 64.7 Å². The van der Waals surface area contributed by atoms with Gasteiger partial charge in [-0.25, -0.2) is 0 Å². The summed E-state index contributed by atoms with van der Waals surface area (Å²) in [5.41, 5.74) is 5.87. The number of hydrogen-bond donors (Lipinski definition) is 0. The maximum Gasteiger partial charge on any atom is 0.101 e. The Bertz CT molecular complexity index is 661. The van der Waals surface area contributed by atoms with Gasteiger partial charge in [-0.2, -0.15) is 5.26 Å². The summed E-state index contributed by atoms with van der Waals surface area (Å²) in [4.78, 5) is 2.34. The molecule has 0 amide bonds. The van der Waals surface area contributed by atoms with E-state index >= 15 is 0 Å². The Balaban J connectivity index is 1.88. The fraction of sp³-hybridized carbons (Fsp3) is 0.278. The van der Waals surface area contributed by atoms with Crippen molar-refractivity contribution in [3.63, 3.8) is 0 Å². The fourth-order valence-corrected chi connectivity index (χ4v) is 3.29. The van der Waals surface area contributed by atoms with Crippen molar-refractivity contribution in [2.24, 2.45) is 0 Å². The van der Waals surface area contributed by atoms with Crippen molar-refractivity contribution in [1.82, 2.24) is 0 Å². The molecule has 0 unspecified atom stereocenters. The summed E-state index contributed by atoms with van der Waals surface area (Å²) in [5.74, 6) is 0. The van der Waals surface area contributed by atoms with Gasteiger partial charge in [0.25, 0.3) is 0 Å². The summed E-state index contributed by atoms with van der Waals surface area (Å²) >= 11 is 3.45. The van der Waals surface area contributed by atoms with Crippen LogP contribution in [-0.4, -0.2) is 13.1 Å². The van der Waals surface area contributed by atoms with Gasteiger partial charge in [0.15, 0.2) is 0 Å². The van der Waals surface area contributed by atoms with E-state index in [4.69, 9.17) is 0 Å². The molecule has 1 aliphatic rings. The molecule has 0 saturated heterocycles. The Morgan fingerprint density at radius 1 is 1.05 bits per heavy atom. The van der Waals surface area contributed by atoms with Crippen LogP contribution in [0.25, 0.3) is 0 Å². The number of alkyl halides is 1. The molecular weight excluding hydrogens is 324 g/mol. The molecule has 0 aromatic heterocycles. The quantitative estimate of drug-likeness (QED) is 0.771. The van der Waals surface area contributed by atoms with Crippen LogP contribution in [-0.2, 0) is 18.2 Å². The number of halogens is 1. The van der Waals surface area contributed by atoms with Crippen molar-refractivity contribution >= 4 is 21.6 Å². The van der Waals surface area contributed by atoms with Crippen LogP contribution >= 0.6 is 15.9 Å². The van der Waals surface area contributed by atoms with Crippen LogP contribution in [0.5, 0.6) is 0 Å². The lowest BCUT2D eigenvalue weighted by molar-refractivity contribution is 0.804. The molecule has 3 rings (SSSR count). The summed E-state index contributed by atoms with van der Waals surface area (Å²) < 4.78 is 0. The first kappa shape index (κ1) is 14.2. The summed E-state index contributed by atoms with van der Waals surface area (Å²) in [7, 11) is 0. The number of anilines is 1. The topological polar surface area (TPSA) is 27.0 Å². The van der Waals surface area contributed by atoms with E-state index in [0.29, 0.717) is 0 Å². The van der Waals surface area contributed by atoms with Gasteiger partial charge in [-0.3, -0.25) is 0 Å². The molecule has 2 nitrogen and oxygen atoms in total. The van der Waals surface area contributed by atoms with Crippen LogP contribution in [0.3, 0.4) is 0 Å². The van der Waals surface area contributed by atoms with Crippen LogP contribution in [0.1, 0.15) is 22.3 Å². The maximum atomic E-state index is 9.42. The van der Waals surface area contributed by atoms with Gasteiger partial charge in [-0.1, -0.05) is 46.3 Å². The molecular formula is C18H17BrN2. The van der Waals surface area contributed by atoms with Crippen molar-refractivity contribution in [3.8, 4) is 6.07 Å². The van der Waals surface area contributed by atoms with Crippen LogP contribution in [0.2, 0.25) is 0 Å². The highest BCUT2D eigenvalue weighted by Gasteiger charge is 2.16. The lowest BCUT2D eigenvalue weighted by Gasteiger charge is -2.24. The molecule has 2 aromatic carbocycles. The summed E-state index contributed by atoms with van der Waals surface area (Å²) in [6.45, 7) is 1.94. The van der Waals surface area contributed by atoms with E-state index in [1.54, 1.807) is 0 Å². The molecule has 1 aliphatic heterocycles. The third-order valence-electron chi connectivity index (χ3n) is 4.10. The number of nitriles is 1. The van der Waals surface area contributed by atoms with E-state index in [1.807, 2.05) is 6.07 Å². The van der Waals surface area contributed by atoms with Gasteiger partial charge < -0.3 is 4.90 Å². The monoisotopic (exact) mass is 340 g/mol. The zero-order valence-electron chi connectivity index (χ0n) is 11.8. The molecule has 0 bridgehead atoms. The minimum Gasteiger partial charge on any atom is -0.370 e. The molecule has 0 fully saturated rings. The van der Waals surface area contributed by atoms with Crippen molar-refractivity contribution < 1.29 is 0 Å². The third kappa shape index (κ3) is 2.96. The van der Waals surface area contributed by atoms with Crippen LogP contribution in [0.15, 0.2) is 42.5 Å². The molecule has 1 heterocycles. The first-order chi connectivity index (χ1) is 10.3. The van der Waals surface area contributed by atoms with E-state index in [2.05, 4.69) is 63.3 Å². The van der Waals surface area contributed by atoms with Gasteiger partial charge in [-0.05, 0) is 41.7 Å². The highest BCUT2D eigenvalue weighted by molar-refractivity contribution is 9.08. The SMILES string of the molecule is N#Cc1cc(CBr)ccc1N1CCc2ccccc2CC1. The Kier molecular flexibility index (Phi) is 4.26. The normalized spacial score (nSPS) is 14.2. The summed E-state index contributed by atoms with van der Waals surface area (Å²) in [6.07, 6.45) is 2.09. The molecule has 0 atom stereocenters. The van der Waals surface area contributed by atoms with Crippen molar-refractivity contribution in [2.45, 2.75) is 18.2 Å². The van der Waals surface area contributed by atoms with Crippen molar-refractivity contribution in [2.75, 3.05) is 18.0 Å². The van der Waals surface area contributed by atoms with Gasteiger partial charge in [-0.15, -0.1) is 0 Å². The Hall–Kier alpha value is -1.79. The summed E-state index contributed by atoms with van der Waals surface area (Å²) in [5, 5.41) is 10.2. The maximum absolute atomic E-state index is 9.42. The van der Waals surface area contributed by atoms with Crippen LogP contribution in [0, 0.1) is 11.3 Å². The minimum absolute atomic E-state index is 0.776.